The lowest BCUT2D eigenvalue weighted by atomic mass is 10.2. The molecule has 0 saturated carbocycles. The quantitative estimate of drug-likeness (QED) is 0.776. The van der Waals surface area contributed by atoms with E-state index in [0.29, 0.717) is 0 Å². The molecule has 2 aromatic carbocycles. The van der Waals surface area contributed by atoms with E-state index in [1.807, 2.05) is 47.3 Å². The van der Waals surface area contributed by atoms with E-state index in [2.05, 4.69) is 41.6 Å². The van der Waals surface area contributed by atoms with Gasteiger partial charge in [0, 0.05) is 11.9 Å². The summed E-state index contributed by atoms with van der Waals surface area (Å²) in [6.07, 6.45) is 1.99. The van der Waals surface area contributed by atoms with Crippen molar-refractivity contribution in [3.63, 3.8) is 0 Å². The first-order chi connectivity index (χ1) is 9.81. The molecule has 0 aliphatic heterocycles. The zero-order chi connectivity index (χ0) is 13.8. The predicted molar refractivity (Wildman–Crippen MR) is 82.1 cm³/mol. The molecule has 0 bridgehead atoms. The Morgan fingerprint density at radius 1 is 1.00 bits per heavy atom. The number of nitrogens with zero attached hydrogens (tertiary/aromatic N) is 2. The van der Waals surface area contributed by atoms with Crippen molar-refractivity contribution in [2.75, 3.05) is 5.32 Å². The summed E-state index contributed by atoms with van der Waals surface area (Å²) in [7, 11) is 0. The molecule has 1 heterocycles. The van der Waals surface area contributed by atoms with Crippen molar-refractivity contribution in [2.24, 2.45) is 0 Å². The number of nitrogens with one attached hydrogen (secondary N) is 1. The number of rotatable bonds is 4. The molecule has 0 aliphatic rings. The Bertz CT molecular complexity index is 686. The molecule has 100 valence electrons. The third kappa shape index (κ3) is 2.88. The Morgan fingerprint density at radius 2 is 1.85 bits per heavy atom. The number of aromatic nitrogens is 2. The number of hydrogen-bond acceptors (Lipinski definition) is 2. The van der Waals surface area contributed by atoms with E-state index in [0.717, 1.165) is 23.6 Å². The third-order valence-electron chi connectivity index (χ3n) is 3.16. The number of para-hydroxylation sites is 1. The molecular formula is C17H17N3. The highest BCUT2D eigenvalue weighted by molar-refractivity contribution is 5.45. The molecule has 20 heavy (non-hydrogen) atoms. The highest BCUT2D eigenvalue weighted by Gasteiger charge is 2.01. The molecule has 1 aromatic heterocycles. The molecule has 0 aliphatic carbocycles. The van der Waals surface area contributed by atoms with Gasteiger partial charge in [0.25, 0.3) is 0 Å². The van der Waals surface area contributed by atoms with Gasteiger partial charge in [-0.25, -0.2) is 4.68 Å². The van der Waals surface area contributed by atoms with E-state index in [1.54, 1.807) is 0 Å². The van der Waals surface area contributed by atoms with E-state index in [1.165, 1.54) is 5.56 Å². The predicted octanol–water partition coefficient (Wildman–Crippen LogP) is 3.79. The average Bonchev–Trinajstić information content (AvgIpc) is 2.95. The van der Waals surface area contributed by atoms with Gasteiger partial charge in [-0.1, -0.05) is 30.3 Å². The van der Waals surface area contributed by atoms with Gasteiger partial charge in [-0.2, -0.15) is 5.10 Å². The molecule has 3 rings (SSSR count). The Balaban J connectivity index is 1.69. The molecule has 1 N–H and O–H groups in total. The molecule has 0 saturated heterocycles. The van der Waals surface area contributed by atoms with Gasteiger partial charge in [0.1, 0.15) is 0 Å². The first kappa shape index (κ1) is 12.5. The topological polar surface area (TPSA) is 29.9 Å². The lowest BCUT2D eigenvalue weighted by molar-refractivity contribution is 0.844. The first-order valence-electron chi connectivity index (χ1n) is 6.72. The summed E-state index contributed by atoms with van der Waals surface area (Å²) in [5.41, 5.74) is 4.48. The van der Waals surface area contributed by atoms with Gasteiger partial charge in [0.05, 0.1) is 17.9 Å². The second kappa shape index (κ2) is 5.61. The van der Waals surface area contributed by atoms with Crippen LogP contribution in [-0.4, -0.2) is 9.78 Å². The maximum absolute atomic E-state index is 4.57. The maximum Gasteiger partial charge on any atom is 0.0819 e. The number of aryl methyl sites for hydroxylation is 1. The van der Waals surface area contributed by atoms with E-state index < -0.39 is 0 Å². The molecule has 0 radical (unpaired) electrons. The zero-order valence-electron chi connectivity index (χ0n) is 11.5. The molecule has 0 spiro atoms. The molecule has 0 amide bonds. The Kier molecular flexibility index (Phi) is 3.50. The molecule has 0 fully saturated rings. The molecule has 0 atom stereocenters. The minimum Gasteiger partial charge on any atom is -0.379 e. The van der Waals surface area contributed by atoms with Crippen LogP contribution in [0.15, 0.2) is 66.9 Å². The van der Waals surface area contributed by atoms with Crippen LogP contribution in [0.2, 0.25) is 0 Å². The summed E-state index contributed by atoms with van der Waals surface area (Å²) in [5.74, 6) is 0. The fraction of sp³-hybridized carbons (Fsp3) is 0.118. The fourth-order valence-corrected chi connectivity index (χ4v) is 2.13. The summed E-state index contributed by atoms with van der Waals surface area (Å²) < 4.78 is 1.90. The standard InChI is InChI=1S/C17H17N3/c1-14-6-5-7-15(12-14)18-13-16-10-11-20(19-16)17-8-3-2-4-9-17/h2-12,18H,13H2,1H3. The van der Waals surface area contributed by atoms with Gasteiger partial charge in [0.2, 0.25) is 0 Å². The van der Waals surface area contributed by atoms with Crippen LogP contribution in [0.4, 0.5) is 5.69 Å². The first-order valence-corrected chi connectivity index (χ1v) is 6.72. The molecule has 3 aromatic rings. The lowest BCUT2D eigenvalue weighted by Gasteiger charge is -2.05. The number of benzene rings is 2. The molecule has 0 unspecified atom stereocenters. The van der Waals surface area contributed by atoms with Crippen LogP contribution in [0.1, 0.15) is 11.3 Å². The Morgan fingerprint density at radius 3 is 2.65 bits per heavy atom. The van der Waals surface area contributed by atoms with Crippen molar-refractivity contribution in [3.8, 4) is 5.69 Å². The Labute approximate surface area is 118 Å². The Hall–Kier alpha value is -2.55. The van der Waals surface area contributed by atoms with Crippen LogP contribution < -0.4 is 5.32 Å². The number of anilines is 1. The van der Waals surface area contributed by atoms with Gasteiger partial charge in [0.15, 0.2) is 0 Å². The van der Waals surface area contributed by atoms with Crippen molar-refractivity contribution in [1.82, 2.24) is 9.78 Å². The van der Waals surface area contributed by atoms with Crippen molar-refractivity contribution >= 4 is 5.69 Å². The SMILES string of the molecule is Cc1cccc(NCc2ccn(-c3ccccc3)n2)c1. The van der Waals surface area contributed by atoms with Crippen molar-refractivity contribution in [3.05, 3.63) is 78.1 Å². The van der Waals surface area contributed by atoms with E-state index in [4.69, 9.17) is 0 Å². The minimum absolute atomic E-state index is 0.725. The maximum atomic E-state index is 4.57. The highest BCUT2D eigenvalue weighted by Crippen LogP contribution is 2.12. The van der Waals surface area contributed by atoms with Crippen molar-refractivity contribution in [1.29, 1.82) is 0 Å². The summed E-state index contributed by atoms with van der Waals surface area (Å²) in [6, 6.07) is 20.5. The monoisotopic (exact) mass is 263 g/mol. The van der Waals surface area contributed by atoms with E-state index >= 15 is 0 Å². The van der Waals surface area contributed by atoms with Crippen molar-refractivity contribution in [2.45, 2.75) is 13.5 Å². The molecule has 3 heteroatoms. The van der Waals surface area contributed by atoms with E-state index in [9.17, 15) is 0 Å². The van der Waals surface area contributed by atoms with Crippen molar-refractivity contribution < 1.29 is 0 Å². The average molecular weight is 263 g/mol. The van der Waals surface area contributed by atoms with Crippen LogP contribution in [0.3, 0.4) is 0 Å². The van der Waals surface area contributed by atoms with Gasteiger partial charge in [-0.05, 0) is 42.8 Å². The third-order valence-corrected chi connectivity index (χ3v) is 3.16. The number of hydrogen-bond donors (Lipinski definition) is 1. The summed E-state index contributed by atoms with van der Waals surface area (Å²) >= 11 is 0. The van der Waals surface area contributed by atoms with Crippen LogP contribution in [0.25, 0.3) is 5.69 Å². The van der Waals surface area contributed by atoms with E-state index in [-0.39, 0.29) is 0 Å². The fourth-order valence-electron chi connectivity index (χ4n) is 2.13. The van der Waals surface area contributed by atoms with Crippen LogP contribution in [-0.2, 0) is 6.54 Å². The van der Waals surface area contributed by atoms with Gasteiger partial charge >= 0.3 is 0 Å². The lowest BCUT2D eigenvalue weighted by Crippen LogP contribution is -2.02. The zero-order valence-corrected chi connectivity index (χ0v) is 11.5. The second-order valence-corrected chi connectivity index (χ2v) is 4.81. The summed E-state index contributed by atoms with van der Waals surface area (Å²) in [6.45, 7) is 2.82. The molecule has 3 nitrogen and oxygen atoms in total. The smallest absolute Gasteiger partial charge is 0.0819 e. The minimum atomic E-state index is 0.725. The van der Waals surface area contributed by atoms with Gasteiger partial charge in [-0.3, -0.25) is 0 Å². The van der Waals surface area contributed by atoms with Crippen LogP contribution in [0, 0.1) is 6.92 Å². The second-order valence-electron chi connectivity index (χ2n) is 4.81. The van der Waals surface area contributed by atoms with Crippen LogP contribution >= 0.6 is 0 Å². The molecular weight excluding hydrogens is 246 g/mol. The normalized spacial score (nSPS) is 10.4. The van der Waals surface area contributed by atoms with Gasteiger partial charge < -0.3 is 5.32 Å². The van der Waals surface area contributed by atoms with Crippen LogP contribution in [0.5, 0.6) is 0 Å². The van der Waals surface area contributed by atoms with Gasteiger partial charge in [-0.15, -0.1) is 0 Å². The summed E-state index contributed by atoms with van der Waals surface area (Å²) in [5, 5.41) is 7.96. The highest BCUT2D eigenvalue weighted by atomic mass is 15.3. The summed E-state index contributed by atoms with van der Waals surface area (Å²) in [4.78, 5) is 0. The largest absolute Gasteiger partial charge is 0.379 e.